The van der Waals surface area contributed by atoms with Gasteiger partial charge in [-0.1, -0.05) is 46.1 Å². The third kappa shape index (κ3) is 1.89. The van der Waals surface area contributed by atoms with Gasteiger partial charge in [-0.3, -0.25) is 0 Å². The van der Waals surface area contributed by atoms with Crippen molar-refractivity contribution >= 4 is 51.1 Å². The lowest BCUT2D eigenvalue weighted by Gasteiger charge is -2.02. The summed E-state index contributed by atoms with van der Waals surface area (Å²) in [6.07, 6.45) is 1.52. The smallest absolute Gasteiger partial charge is 0.190 e. The molecule has 2 aromatic heterocycles. The van der Waals surface area contributed by atoms with E-state index in [0.29, 0.717) is 30.6 Å². The van der Waals surface area contributed by atoms with Crippen molar-refractivity contribution in [2.75, 3.05) is 0 Å². The van der Waals surface area contributed by atoms with Crippen LogP contribution >= 0.6 is 46.1 Å². The van der Waals surface area contributed by atoms with Gasteiger partial charge in [0.15, 0.2) is 0 Å². The van der Waals surface area contributed by atoms with Gasteiger partial charge in [0.25, 0.3) is 0 Å². The third-order valence-electron chi connectivity index (χ3n) is 2.11. The van der Waals surface area contributed by atoms with E-state index in [1.807, 2.05) is 0 Å². The zero-order valence-corrected chi connectivity index (χ0v) is 11.1. The van der Waals surface area contributed by atoms with E-state index >= 15 is 0 Å². The Morgan fingerprint density at radius 1 is 1.18 bits per heavy atom. The number of aromatic nitrogens is 4. The first-order chi connectivity index (χ1) is 8.15. The Kier molecular flexibility index (Phi) is 2.71. The molecule has 1 aromatic carbocycles. The molecule has 3 rings (SSSR count). The maximum absolute atomic E-state index is 6.13. The normalized spacial score (nSPS) is 11.2. The van der Waals surface area contributed by atoms with Gasteiger partial charge in [0.05, 0.1) is 10.0 Å². The number of halogens is 3. The Hall–Kier alpha value is -0.880. The number of nitrogens with zero attached hydrogens (tertiary/aromatic N) is 4. The highest BCUT2D eigenvalue weighted by Gasteiger charge is 2.14. The Labute approximate surface area is 115 Å². The minimum absolute atomic E-state index is 0.403. The molecule has 0 fully saturated rings. The molecule has 0 bridgehead atoms. The summed E-state index contributed by atoms with van der Waals surface area (Å²) in [5, 5.41) is 14.0. The monoisotopic (exact) mass is 304 g/mol. The van der Waals surface area contributed by atoms with Gasteiger partial charge in [0.2, 0.25) is 4.96 Å². The summed E-state index contributed by atoms with van der Waals surface area (Å²) in [4.78, 5) is 0.687. The van der Waals surface area contributed by atoms with Crippen LogP contribution in [0.5, 0.6) is 0 Å². The van der Waals surface area contributed by atoms with Crippen molar-refractivity contribution in [2.24, 2.45) is 0 Å². The lowest BCUT2D eigenvalue weighted by molar-refractivity contribution is 0.960. The largest absolute Gasteiger partial charge is 0.234 e. The number of rotatable bonds is 1. The Balaban J connectivity index is 2.24. The van der Waals surface area contributed by atoms with E-state index in [1.165, 1.54) is 17.7 Å². The van der Waals surface area contributed by atoms with Crippen LogP contribution in [0.2, 0.25) is 15.1 Å². The van der Waals surface area contributed by atoms with E-state index < -0.39 is 0 Å². The van der Waals surface area contributed by atoms with Gasteiger partial charge in [-0.25, -0.2) is 0 Å². The van der Waals surface area contributed by atoms with E-state index in [1.54, 1.807) is 16.6 Å². The lowest BCUT2D eigenvalue weighted by atomic mass is 10.2. The van der Waals surface area contributed by atoms with Crippen LogP contribution in [0.1, 0.15) is 0 Å². The van der Waals surface area contributed by atoms with E-state index in [2.05, 4.69) is 15.3 Å². The van der Waals surface area contributed by atoms with Crippen molar-refractivity contribution < 1.29 is 0 Å². The van der Waals surface area contributed by atoms with E-state index in [9.17, 15) is 0 Å². The topological polar surface area (TPSA) is 43.1 Å². The lowest BCUT2D eigenvalue weighted by Crippen LogP contribution is -1.84. The van der Waals surface area contributed by atoms with E-state index in [4.69, 9.17) is 34.8 Å². The van der Waals surface area contributed by atoms with Crippen LogP contribution < -0.4 is 0 Å². The Morgan fingerprint density at radius 3 is 2.76 bits per heavy atom. The van der Waals surface area contributed by atoms with Crippen LogP contribution in [0.3, 0.4) is 0 Å². The van der Waals surface area contributed by atoms with Crippen molar-refractivity contribution in [2.45, 2.75) is 0 Å². The summed E-state index contributed by atoms with van der Waals surface area (Å²) < 4.78 is 1.57. The molecule has 0 aliphatic rings. The first-order valence-corrected chi connectivity index (χ1v) is 6.42. The molecule has 0 unspecified atom stereocenters. The maximum Gasteiger partial charge on any atom is 0.234 e. The first-order valence-electron chi connectivity index (χ1n) is 4.47. The van der Waals surface area contributed by atoms with Gasteiger partial charge in [-0.15, -0.1) is 10.2 Å². The zero-order chi connectivity index (χ0) is 12.0. The standard InChI is InChI=1S/C9H3Cl3N4S/c10-4-1-5(7(12)6(11)2-4)8-15-16-3-13-14-9(16)17-8/h1-3H. The van der Waals surface area contributed by atoms with Crippen LogP contribution in [-0.4, -0.2) is 19.8 Å². The molecule has 4 nitrogen and oxygen atoms in total. The maximum atomic E-state index is 6.13. The fourth-order valence-corrected chi connectivity index (χ4v) is 2.97. The quantitative estimate of drug-likeness (QED) is 0.642. The van der Waals surface area contributed by atoms with Crippen LogP contribution in [-0.2, 0) is 0 Å². The van der Waals surface area contributed by atoms with Gasteiger partial charge in [0, 0.05) is 10.6 Å². The number of hydrogen-bond donors (Lipinski definition) is 0. The highest BCUT2D eigenvalue weighted by Crippen LogP contribution is 2.37. The van der Waals surface area contributed by atoms with E-state index in [0.717, 1.165) is 0 Å². The molecule has 0 N–H and O–H groups in total. The molecule has 0 amide bonds. The second kappa shape index (κ2) is 4.10. The summed E-state index contributed by atoms with van der Waals surface area (Å²) in [6.45, 7) is 0. The zero-order valence-electron chi connectivity index (χ0n) is 8.06. The van der Waals surface area contributed by atoms with Crippen LogP contribution in [0.4, 0.5) is 0 Å². The second-order valence-corrected chi connectivity index (χ2v) is 5.39. The Morgan fingerprint density at radius 2 is 2.00 bits per heavy atom. The van der Waals surface area contributed by atoms with Crippen molar-refractivity contribution in [3.05, 3.63) is 33.5 Å². The van der Waals surface area contributed by atoms with Crippen molar-refractivity contribution in [3.63, 3.8) is 0 Å². The minimum Gasteiger partial charge on any atom is -0.190 e. The van der Waals surface area contributed by atoms with Gasteiger partial charge in [-0.2, -0.15) is 9.61 Å². The predicted octanol–water partition coefficient (Wildman–Crippen LogP) is 3.81. The molecule has 8 heteroatoms. The first kappa shape index (κ1) is 11.2. The SMILES string of the molecule is Clc1cc(Cl)c(Cl)c(-c2nn3cnnc3s2)c1. The van der Waals surface area contributed by atoms with Crippen molar-refractivity contribution in [3.8, 4) is 10.6 Å². The summed E-state index contributed by atoms with van der Waals surface area (Å²) in [5.41, 5.74) is 0.694. The molecule has 0 radical (unpaired) electrons. The second-order valence-electron chi connectivity index (χ2n) is 3.21. The molecule has 0 atom stereocenters. The molecular weight excluding hydrogens is 303 g/mol. The molecule has 0 spiro atoms. The van der Waals surface area contributed by atoms with E-state index in [-0.39, 0.29) is 0 Å². The molecule has 0 aliphatic heterocycles. The highest BCUT2D eigenvalue weighted by molar-refractivity contribution is 7.19. The summed E-state index contributed by atoms with van der Waals surface area (Å²) in [7, 11) is 0. The molecule has 86 valence electrons. The average Bonchev–Trinajstić information content (AvgIpc) is 2.83. The molecule has 3 aromatic rings. The summed E-state index contributed by atoms with van der Waals surface area (Å²) in [5.74, 6) is 0. The highest BCUT2D eigenvalue weighted by atomic mass is 35.5. The Bertz CT molecular complexity index is 677. The van der Waals surface area contributed by atoms with Gasteiger partial charge < -0.3 is 0 Å². The average molecular weight is 306 g/mol. The fraction of sp³-hybridized carbons (Fsp3) is 0. The number of hydrogen-bond acceptors (Lipinski definition) is 4. The van der Waals surface area contributed by atoms with Gasteiger partial charge in [0.1, 0.15) is 11.3 Å². The predicted molar refractivity (Wildman–Crippen MR) is 69.1 cm³/mol. The van der Waals surface area contributed by atoms with Crippen molar-refractivity contribution in [1.82, 2.24) is 19.8 Å². The molecular formula is C9H3Cl3N4S. The van der Waals surface area contributed by atoms with Crippen LogP contribution in [0.25, 0.3) is 15.5 Å². The van der Waals surface area contributed by atoms with Crippen LogP contribution in [0, 0.1) is 0 Å². The molecule has 2 heterocycles. The minimum atomic E-state index is 0.403. The number of fused-ring (bicyclic) bond motifs is 1. The molecule has 0 aliphatic carbocycles. The molecule has 0 saturated carbocycles. The molecule has 17 heavy (non-hydrogen) atoms. The van der Waals surface area contributed by atoms with Gasteiger partial charge in [-0.05, 0) is 12.1 Å². The molecule has 0 saturated heterocycles. The van der Waals surface area contributed by atoms with Crippen molar-refractivity contribution in [1.29, 1.82) is 0 Å². The van der Waals surface area contributed by atoms with Crippen LogP contribution in [0.15, 0.2) is 18.5 Å². The summed E-state index contributed by atoms with van der Waals surface area (Å²) >= 11 is 19.4. The number of benzene rings is 1. The third-order valence-corrected chi connectivity index (χ3v) is 4.08. The summed E-state index contributed by atoms with van der Waals surface area (Å²) in [6, 6.07) is 3.32. The fourth-order valence-electron chi connectivity index (χ4n) is 1.38. The van der Waals surface area contributed by atoms with Gasteiger partial charge >= 0.3 is 0 Å².